The van der Waals surface area contributed by atoms with Crippen molar-refractivity contribution in [3.05, 3.63) is 120 Å². The highest BCUT2D eigenvalue weighted by molar-refractivity contribution is 5.92. The third-order valence-corrected chi connectivity index (χ3v) is 7.08. The van der Waals surface area contributed by atoms with Crippen LogP contribution in [0.2, 0.25) is 0 Å². The minimum Gasteiger partial charge on any atom is -0.333 e. The maximum Gasteiger partial charge on any atom is 0.332 e. The Balaban J connectivity index is 1.47. The fraction of sp³-hybridized carbons (Fsp3) is 0.233. The summed E-state index contributed by atoms with van der Waals surface area (Å²) >= 11 is 0. The lowest BCUT2D eigenvalue weighted by Gasteiger charge is -2.46. The van der Waals surface area contributed by atoms with Gasteiger partial charge in [0.15, 0.2) is 0 Å². The molecule has 0 radical (unpaired) electrons. The number of carbonyl (C=O) groups excluding carboxylic acids is 3. The number of hydrogen-bond acceptors (Lipinski definition) is 4. The van der Waals surface area contributed by atoms with E-state index in [1.807, 2.05) is 30.3 Å². The van der Waals surface area contributed by atoms with E-state index < -0.39 is 35.8 Å². The number of nitrogens with one attached hydrogen (secondary N) is 1. The van der Waals surface area contributed by atoms with Gasteiger partial charge in [-0.3, -0.25) is 14.6 Å². The molecule has 8 nitrogen and oxygen atoms in total. The van der Waals surface area contributed by atoms with Crippen LogP contribution in [0, 0.1) is 11.6 Å². The van der Waals surface area contributed by atoms with Gasteiger partial charge in [0.05, 0.1) is 19.6 Å². The zero-order valence-electron chi connectivity index (χ0n) is 21.7. The summed E-state index contributed by atoms with van der Waals surface area (Å²) in [5, 5.41) is 5.90. The lowest BCUT2D eigenvalue weighted by molar-refractivity contribution is -0.158. The third kappa shape index (κ3) is 5.43. The second-order valence-corrected chi connectivity index (χ2v) is 9.66. The topological polar surface area (TPSA) is 76.2 Å². The summed E-state index contributed by atoms with van der Waals surface area (Å²) in [6.45, 7) is 3.81. The highest BCUT2D eigenvalue weighted by Gasteiger charge is 2.52. The Morgan fingerprint density at radius 2 is 1.73 bits per heavy atom. The lowest BCUT2D eigenvalue weighted by atomic mass is 10.00. The molecule has 0 bridgehead atoms. The number of hydrogen-bond donors (Lipinski definition) is 1. The van der Waals surface area contributed by atoms with Crippen LogP contribution in [-0.2, 0) is 22.7 Å². The molecule has 10 heteroatoms. The molecule has 0 unspecified atom stereocenters. The molecule has 206 valence electrons. The fourth-order valence-electron chi connectivity index (χ4n) is 5.20. The van der Waals surface area contributed by atoms with Gasteiger partial charge in [-0.15, -0.1) is 6.58 Å². The Labute approximate surface area is 231 Å². The van der Waals surface area contributed by atoms with Gasteiger partial charge in [0.1, 0.15) is 23.8 Å². The molecule has 5 rings (SSSR count). The van der Waals surface area contributed by atoms with Crippen LogP contribution in [0.3, 0.4) is 0 Å². The first-order chi connectivity index (χ1) is 19.4. The van der Waals surface area contributed by atoms with Crippen molar-refractivity contribution in [2.24, 2.45) is 0 Å². The van der Waals surface area contributed by atoms with Crippen LogP contribution in [0.1, 0.15) is 22.7 Å². The molecule has 2 aliphatic heterocycles. The second-order valence-electron chi connectivity index (χ2n) is 9.66. The van der Waals surface area contributed by atoms with Crippen molar-refractivity contribution in [1.29, 1.82) is 0 Å². The molecule has 3 aromatic rings. The molecule has 0 saturated carbocycles. The van der Waals surface area contributed by atoms with E-state index in [-0.39, 0.29) is 44.2 Å². The number of carbonyl (C=O) groups is 3. The monoisotopic (exact) mass is 545 g/mol. The summed E-state index contributed by atoms with van der Waals surface area (Å²) in [4.78, 5) is 43.5. The predicted molar refractivity (Wildman–Crippen MR) is 144 cm³/mol. The van der Waals surface area contributed by atoms with E-state index >= 15 is 0 Å². The van der Waals surface area contributed by atoms with Gasteiger partial charge >= 0.3 is 6.03 Å². The number of nitrogens with zero attached hydrogens (tertiary/aromatic N) is 4. The van der Waals surface area contributed by atoms with Crippen LogP contribution in [0.15, 0.2) is 91.5 Å². The summed E-state index contributed by atoms with van der Waals surface area (Å²) in [6, 6.07) is 19.9. The minimum absolute atomic E-state index is 0.0104. The standard InChI is InChI=1S/C30H29F2N5O3/c1-2-15-35(30(40)33-17-21-9-5-3-6-10-21)36-20-27(38)37-26(36)19-34(18-23-16-24(31)13-14-25(23)32)29(39)28(37)22-11-7-4-8-12-22/h2-14,16,26,28H,1,15,17-20H2,(H,33,40)/t26-,28+/m1/s1. The van der Waals surface area contributed by atoms with E-state index in [1.165, 1.54) is 14.8 Å². The van der Waals surface area contributed by atoms with Crippen molar-refractivity contribution in [3.63, 3.8) is 0 Å². The van der Waals surface area contributed by atoms with Crippen LogP contribution in [0.4, 0.5) is 13.6 Å². The first-order valence-electron chi connectivity index (χ1n) is 12.9. The van der Waals surface area contributed by atoms with Crippen molar-refractivity contribution < 1.29 is 23.2 Å². The van der Waals surface area contributed by atoms with Crippen LogP contribution in [0.5, 0.6) is 0 Å². The molecular formula is C30H29F2N5O3. The van der Waals surface area contributed by atoms with E-state index in [9.17, 15) is 23.2 Å². The molecule has 2 saturated heterocycles. The van der Waals surface area contributed by atoms with Gasteiger partial charge in [-0.2, -0.15) is 5.01 Å². The SMILES string of the molecule is C=CCN(C(=O)NCc1ccccc1)N1CC(=O)N2[C@@H](c3ccccc3)C(=O)N(Cc3cc(F)ccc3F)C[C@@H]21. The molecule has 3 aromatic carbocycles. The zero-order chi connectivity index (χ0) is 28.2. The zero-order valence-corrected chi connectivity index (χ0v) is 21.7. The number of benzene rings is 3. The number of piperazine rings is 1. The predicted octanol–water partition coefficient (Wildman–Crippen LogP) is 3.83. The average Bonchev–Trinajstić information content (AvgIpc) is 3.28. The Hall–Kier alpha value is -4.57. The van der Waals surface area contributed by atoms with Gasteiger partial charge in [-0.05, 0) is 29.3 Å². The molecule has 2 fully saturated rings. The summed E-state index contributed by atoms with van der Waals surface area (Å²) < 4.78 is 28.5. The Morgan fingerprint density at radius 1 is 1.02 bits per heavy atom. The van der Waals surface area contributed by atoms with E-state index in [4.69, 9.17) is 0 Å². The second kappa shape index (κ2) is 11.7. The molecular weight excluding hydrogens is 516 g/mol. The molecule has 0 aliphatic carbocycles. The Morgan fingerprint density at radius 3 is 2.42 bits per heavy atom. The van der Waals surface area contributed by atoms with Gasteiger partial charge in [0.2, 0.25) is 5.91 Å². The lowest BCUT2D eigenvalue weighted by Crippen LogP contribution is -2.62. The maximum atomic E-state index is 14.6. The van der Waals surface area contributed by atoms with Crippen LogP contribution in [0.25, 0.3) is 0 Å². The number of urea groups is 1. The van der Waals surface area contributed by atoms with Crippen LogP contribution >= 0.6 is 0 Å². The smallest absolute Gasteiger partial charge is 0.332 e. The van der Waals surface area contributed by atoms with Gasteiger partial charge in [0, 0.05) is 18.7 Å². The highest BCUT2D eigenvalue weighted by Crippen LogP contribution is 2.36. The fourth-order valence-corrected chi connectivity index (χ4v) is 5.20. The summed E-state index contributed by atoms with van der Waals surface area (Å²) in [6.07, 6.45) is 0.826. The summed E-state index contributed by atoms with van der Waals surface area (Å²) in [5.41, 5.74) is 1.51. The van der Waals surface area contributed by atoms with E-state index in [1.54, 1.807) is 41.4 Å². The summed E-state index contributed by atoms with van der Waals surface area (Å²) in [7, 11) is 0. The molecule has 40 heavy (non-hydrogen) atoms. The van der Waals surface area contributed by atoms with Crippen molar-refractivity contribution in [2.45, 2.75) is 25.3 Å². The average molecular weight is 546 g/mol. The normalized spacial score (nSPS) is 18.9. The first kappa shape index (κ1) is 27.0. The number of hydrazine groups is 1. The highest BCUT2D eigenvalue weighted by atomic mass is 19.1. The Kier molecular flexibility index (Phi) is 7.88. The van der Waals surface area contributed by atoms with Crippen LogP contribution < -0.4 is 5.32 Å². The molecule has 4 amide bonds. The number of rotatable bonds is 8. The quantitative estimate of drug-likeness (QED) is 0.437. The third-order valence-electron chi connectivity index (χ3n) is 7.08. The van der Waals surface area contributed by atoms with E-state index in [0.29, 0.717) is 5.56 Å². The molecule has 1 N–H and O–H groups in total. The van der Waals surface area contributed by atoms with Gasteiger partial charge < -0.3 is 15.1 Å². The van der Waals surface area contributed by atoms with Crippen LogP contribution in [-0.4, -0.2) is 63.5 Å². The maximum absolute atomic E-state index is 14.6. The van der Waals surface area contributed by atoms with Crippen molar-refractivity contribution >= 4 is 17.8 Å². The largest absolute Gasteiger partial charge is 0.333 e. The molecule has 2 aliphatic rings. The molecule has 0 spiro atoms. The van der Waals surface area contributed by atoms with E-state index in [2.05, 4.69) is 11.9 Å². The Bertz CT molecular complexity index is 1400. The molecule has 2 heterocycles. The number of fused-ring (bicyclic) bond motifs is 1. The first-order valence-corrected chi connectivity index (χ1v) is 12.9. The van der Waals surface area contributed by atoms with Crippen molar-refractivity contribution in [3.8, 4) is 0 Å². The summed E-state index contributed by atoms with van der Waals surface area (Å²) in [5.74, 6) is -1.99. The van der Waals surface area contributed by atoms with Gasteiger partial charge in [-0.1, -0.05) is 66.7 Å². The van der Waals surface area contributed by atoms with E-state index in [0.717, 1.165) is 23.8 Å². The van der Waals surface area contributed by atoms with Crippen molar-refractivity contribution in [2.75, 3.05) is 19.6 Å². The van der Waals surface area contributed by atoms with Crippen molar-refractivity contribution in [1.82, 2.24) is 25.1 Å². The molecule has 2 atom stereocenters. The molecule has 0 aromatic heterocycles. The minimum atomic E-state index is -0.993. The number of halogens is 2. The van der Waals surface area contributed by atoms with Gasteiger partial charge in [0.25, 0.3) is 5.91 Å². The number of amides is 4. The van der Waals surface area contributed by atoms with Gasteiger partial charge in [-0.25, -0.2) is 13.6 Å².